The van der Waals surface area contributed by atoms with E-state index in [0.717, 1.165) is 0 Å². The molecular formula is C16H30O10. The van der Waals surface area contributed by atoms with E-state index in [9.17, 15) is 15.3 Å². The number of ether oxygens (including phenoxy) is 7. The quantitative estimate of drug-likeness (QED) is 0.467. The van der Waals surface area contributed by atoms with Crippen LogP contribution in [0, 0.1) is 0 Å². The van der Waals surface area contributed by atoms with E-state index >= 15 is 0 Å². The maximum absolute atomic E-state index is 10.5. The Labute approximate surface area is 152 Å². The molecular weight excluding hydrogens is 352 g/mol. The Kier molecular flexibility index (Phi) is 8.16. The minimum Gasteiger partial charge on any atom is -0.387 e. The first-order valence-electron chi connectivity index (χ1n) is 8.47. The Balaban J connectivity index is 2.17. The Hall–Kier alpha value is -0.400. The minimum absolute atomic E-state index is 0.0947. The number of aliphatic hydroxyl groups excluding tert-OH is 3. The van der Waals surface area contributed by atoms with E-state index in [1.807, 2.05) is 0 Å². The number of methoxy groups -OCH3 is 4. The van der Waals surface area contributed by atoms with Crippen molar-refractivity contribution in [2.75, 3.05) is 35.0 Å². The smallest absolute Gasteiger partial charge is 0.187 e. The molecule has 0 radical (unpaired) electrons. The van der Waals surface area contributed by atoms with Gasteiger partial charge in [0.15, 0.2) is 12.6 Å². The summed E-state index contributed by atoms with van der Waals surface area (Å²) in [5.74, 6) is 0. The second-order valence-corrected chi connectivity index (χ2v) is 6.41. The average molecular weight is 382 g/mol. The summed E-state index contributed by atoms with van der Waals surface area (Å²) in [7, 11) is 5.74. The van der Waals surface area contributed by atoms with Crippen molar-refractivity contribution in [2.45, 2.75) is 68.3 Å². The standard InChI is InChI=1S/C16H30O10/c1-7-11(13(22-4)14(23-5)15(19)24-7)26-16-10(18)12(21-3)9(17)8(25-16)6-20-2/h7-19H,6H2,1-5H3/t7-,8+,9+,10+,11-,12-,13+,14+,15?,16-/m0/s1. The molecule has 10 atom stereocenters. The van der Waals surface area contributed by atoms with Crippen molar-refractivity contribution in [2.24, 2.45) is 0 Å². The molecule has 10 heteroatoms. The molecule has 0 aliphatic carbocycles. The van der Waals surface area contributed by atoms with Crippen LogP contribution >= 0.6 is 0 Å². The molecule has 0 bridgehead atoms. The first kappa shape index (κ1) is 21.9. The van der Waals surface area contributed by atoms with Crippen molar-refractivity contribution in [1.82, 2.24) is 0 Å². The van der Waals surface area contributed by atoms with E-state index < -0.39 is 61.4 Å². The van der Waals surface area contributed by atoms with Gasteiger partial charge in [-0.2, -0.15) is 0 Å². The van der Waals surface area contributed by atoms with Gasteiger partial charge in [0.05, 0.1) is 12.7 Å². The van der Waals surface area contributed by atoms with Gasteiger partial charge in [-0.1, -0.05) is 0 Å². The molecule has 0 aromatic rings. The predicted molar refractivity (Wildman–Crippen MR) is 86.4 cm³/mol. The molecule has 2 aliphatic rings. The van der Waals surface area contributed by atoms with Gasteiger partial charge in [0, 0.05) is 28.4 Å². The van der Waals surface area contributed by atoms with Gasteiger partial charge in [0.2, 0.25) is 0 Å². The molecule has 2 aliphatic heterocycles. The lowest BCUT2D eigenvalue weighted by molar-refractivity contribution is -0.356. The van der Waals surface area contributed by atoms with Crippen LogP contribution in [0.1, 0.15) is 6.92 Å². The van der Waals surface area contributed by atoms with E-state index in [0.29, 0.717) is 0 Å². The van der Waals surface area contributed by atoms with Gasteiger partial charge < -0.3 is 48.5 Å². The third-order valence-corrected chi connectivity index (χ3v) is 4.83. The molecule has 3 N–H and O–H groups in total. The van der Waals surface area contributed by atoms with Crippen molar-refractivity contribution in [1.29, 1.82) is 0 Å². The highest BCUT2D eigenvalue weighted by molar-refractivity contribution is 4.94. The van der Waals surface area contributed by atoms with Crippen molar-refractivity contribution in [3.63, 3.8) is 0 Å². The van der Waals surface area contributed by atoms with Gasteiger partial charge >= 0.3 is 0 Å². The second-order valence-electron chi connectivity index (χ2n) is 6.41. The van der Waals surface area contributed by atoms with E-state index in [1.165, 1.54) is 28.4 Å². The maximum Gasteiger partial charge on any atom is 0.187 e. The lowest BCUT2D eigenvalue weighted by Crippen LogP contribution is -2.64. The highest BCUT2D eigenvalue weighted by atomic mass is 16.7. The molecule has 1 unspecified atom stereocenters. The zero-order valence-corrected chi connectivity index (χ0v) is 15.7. The minimum atomic E-state index is -1.25. The van der Waals surface area contributed by atoms with Crippen LogP contribution in [-0.2, 0) is 33.2 Å². The summed E-state index contributed by atoms with van der Waals surface area (Å²) in [6.07, 6.45) is -9.00. The van der Waals surface area contributed by atoms with Gasteiger partial charge in [0.1, 0.15) is 42.7 Å². The average Bonchev–Trinajstić information content (AvgIpc) is 2.61. The monoisotopic (exact) mass is 382 g/mol. The molecule has 154 valence electrons. The normalized spacial score (nSPS) is 47.1. The molecule has 0 amide bonds. The summed E-state index contributed by atoms with van der Waals surface area (Å²) in [4.78, 5) is 0. The number of rotatable bonds is 7. The van der Waals surface area contributed by atoms with Gasteiger partial charge in [-0.25, -0.2) is 0 Å². The molecule has 0 aromatic heterocycles. The molecule has 26 heavy (non-hydrogen) atoms. The van der Waals surface area contributed by atoms with Crippen LogP contribution in [0.3, 0.4) is 0 Å². The fourth-order valence-electron chi connectivity index (χ4n) is 3.45. The largest absolute Gasteiger partial charge is 0.387 e. The van der Waals surface area contributed by atoms with Crippen molar-refractivity contribution in [3.05, 3.63) is 0 Å². The first-order valence-corrected chi connectivity index (χ1v) is 8.47. The third kappa shape index (κ3) is 4.36. The topological polar surface area (TPSA) is 125 Å². The zero-order chi connectivity index (χ0) is 19.4. The van der Waals surface area contributed by atoms with Crippen molar-refractivity contribution in [3.8, 4) is 0 Å². The number of hydrogen-bond acceptors (Lipinski definition) is 10. The van der Waals surface area contributed by atoms with Crippen molar-refractivity contribution >= 4 is 0 Å². The highest BCUT2D eigenvalue weighted by Crippen LogP contribution is 2.31. The van der Waals surface area contributed by atoms with E-state index in [-0.39, 0.29) is 6.61 Å². The number of aliphatic hydroxyl groups is 3. The van der Waals surface area contributed by atoms with E-state index in [4.69, 9.17) is 33.2 Å². The van der Waals surface area contributed by atoms with Crippen LogP contribution in [0.15, 0.2) is 0 Å². The summed E-state index contributed by atoms with van der Waals surface area (Å²) < 4.78 is 38.0. The van der Waals surface area contributed by atoms with Crippen LogP contribution in [0.4, 0.5) is 0 Å². The summed E-state index contributed by atoms with van der Waals surface area (Å²) in [5.41, 5.74) is 0. The lowest BCUT2D eigenvalue weighted by atomic mass is 9.97. The van der Waals surface area contributed by atoms with Gasteiger partial charge in [-0.05, 0) is 6.92 Å². The molecule has 0 aromatic carbocycles. The van der Waals surface area contributed by atoms with Gasteiger partial charge in [-0.3, -0.25) is 0 Å². The van der Waals surface area contributed by atoms with E-state index in [1.54, 1.807) is 6.92 Å². The van der Waals surface area contributed by atoms with Crippen LogP contribution in [0.25, 0.3) is 0 Å². The summed E-state index contributed by atoms with van der Waals surface area (Å²) in [6, 6.07) is 0. The van der Waals surface area contributed by atoms with E-state index in [2.05, 4.69) is 0 Å². The van der Waals surface area contributed by atoms with Crippen LogP contribution < -0.4 is 0 Å². The molecule has 0 saturated carbocycles. The summed E-state index contributed by atoms with van der Waals surface area (Å²) in [5, 5.41) is 30.8. The summed E-state index contributed by atoms with van der Waals surface area (Å²) in [6.45, 7) is 1.80. The SMILES string of the molecule is COC[C@H]1O[C@@H](O[C@@H]2[C@@H](OC)[C@@H](OC)C(O)O[C@H]2C)[C@H](O)[C@@H](OC)[C@@H]1O. The zero-order valence-electron chi connectivity index (χ0n) is 15.7. The molecule has 0 spiro atoms. The Morgan fingerprint density at radius 1 is 0.769 bits per heavy atom. The Bertz CT molecular complexity index is 424. The fourth-order valence-corrected chi connectivity index (χ4v) is 3.45. The van der Waals surface area contributed by atoms with Gasteiger partial charge in [0.25, 0.3) is 0 Å². The summed E-state index contributed by atoms with van der Waals surface area (Å²) >= 11 is 0. The second kappa shape index (κ2) is 9.69. The van der Waals surface area contributed by atoms with Crippen LogP contribution in [-0.4, -0.2) is 112 Å². The van der Waals surface area contributed by atoms with Gasteiger partial charge in [-0.15, -0.1) is 0 Å². The Morgan fingerprint density at radius 3 is 1.92 bits per heavy atom. The number of hydrogen-bond donors (Lipinski definition) is 3. The molecule has 10 nitrogen and oxygen atoms in total. The van der Waals surface area contributed by atoms with Crippen LogP contribution in [0.2, 0.25) is 0 Å². The van der Waals surface area contributed by atoms with Crippen LogP contribution in [0.5, 0.6) is 0 Å². The predicted octanol–water partition coefficient (Wildman–Crippen LogP) is -1.75. The molecule has 2 saturated heterocycles. The third-order valence-electron chi connectivity index (χ3n) is 4.83. The molecule has 2 fully saturated rings. The highest BCUT2D eigenvalue weighted by Gasteiger charge is 2.50. The first-order chi connectivity index (χ1) is 12.4. The molecule has 2 heterocycles. The fraction of sp³-hybridized carbons (Fsp3) is 1.00. The van der Waals surface area contributed by atoms with Crippen molar-refractivity contribution < 1.29 is 48.5 Å². The maximum atomic E-state index is 10.5. The Morgan fingerprint density at radius 2 is 1.38 bits per heavy atom. The lowest BCUT2D eigenvalue weighted by Gasteiger charge is -2.47. The molecule has 2 rings (SSSR count).